The van der Waals surface area contributed by atoms with Gasteiger partial charge < -0.3 is 20.1 Å². The van der Waals surface area contributed by atoms with E-state index in [1.165, 1.54) is 12.1 Å². The Labute approximate surface area is 154 Å². The average Bonchev–Trinajstić information content (AvgIpc) is 2.65. The van der Waals surface area contributed by atoms with Gasteiger partial charge in [-0.15, -0.1) is 0 Å². The number of hydrogen-bond donors (Lipinski definition) is 1. The minimum atomic E-state index is -3.58. The second kappa shape index (κ2) is 7.84. The van der Waals surface area contributed by atoms with Crippen molar-refractivity contribution in [2.75, 3.05) is 32.1 Å². The lowest BCUT2D eigenvalue weighted by Gasteiger charge is -2.38. The summed E-state index contributed by atoms with van der Waals surface area (Å²) in [7, 11) is -3.58. The van der Waals surface area contributed by atoms with Gasteiger partial charge in [0.05, 0.1) is 10.6 Å². The first-order valence-electron chi connectivity index (χ1n) is 9.02. The molecule has 0 bridgehead atoms. The summed E-state index contributed by atoms with van der Waals surface area (Å²) in [5.74, 6) is 1.13. The molecule has 0 saturated carbocycles. The van der Waals surface area contributed by atoms with Crippen molar-refractivity contribution in [1.29, 1.82) is 0 Å². The van der Waals surface area contributed by atoms with Crippen molar-refractivity contribution in [2.45, 2.75) is 37.1 Å². The number of carbonyl (C=O) groups is 1. The first-order valence-corrected chi connectivity index (χ1v) is 10.7. The molecule has 2 heterocycles. The van der Waals surface area contributed by atoms with E-state index in [-0.39, 0.29) is 29.0 Å². The molecule has 2 atom stereocenters. The zero-order chi connectivity index (χ0) is 18.7. The van der Waals surface area contributed by atoms with E-state index in [1.54, 1.807) is 11.0 Å². The normalized spacial score (nSPS) is 22.9. The summed E-state index contributed by atoms with van der Waals surface area (Å²) >= 11 is 0. The van der Waals surface area contributed by atoms with Crippen molar-refractivity contribution < 1.29 is 22.7 Å². The second-order valence-corrected chi connectivity index (χ2v) is 9.09. The van der Waals surface area contributed by atoms with E-state index in [2.05, 4.69) is 6.92 Å². The molecule has 7 nitrogen and oxygen atoms in total. The number of piperidine rings is 1. The monoisotopic (exact) mass is 382 g/mol. The minimum absolute atomic E-state index is 0.00301. The van der Waals surface area contributed by atoms with Gasteiger partial charge in [0.2, 0.25) is 5.91 Å². The molecule has 1 saturated heterocycles. The van der Waals surface area contributed by atoms with Gasteiger partial charge >= 0.3 is 0 Å². The molecule has 2 aliphatic heterocycles. The molecule has 0 spiro atoms. The molecule has 144 valence electrons. The fraction of sp³-hybridized carbons (Fsp3) is 0.611. The van der Waals surface area contributed by atoms with Crippen LogP contribution in [0, 0.1) is 5.92 Å². The molecular weight excluding hydrogens is 356 g/mol. The van der Waals surface area contributed by atoms with Gasteiger partial charge in [0.15, 0.2) is 21.3 Å². The molecule has 1 aromatic carbocycles. The number of benzene rings is 1. The van der Waals surface area contributed by atoms with Crippen LogP contribution in [0.3, 0.4) is 0 Å². The SMILES string of the molecule is CC1CCN(C(=O)CCS(=O)(=O)c2ccc3c(c2)OCCO3)C(CN)C1. The van der Waals surface area contributed by atoms with Crippen molar-refractivity contribution in [3.63, 3.8) is 0 Å². The number of fused-ring (bicyclic) bond motifs is 1. The third-order valence-electron chi connectivity index (χ3n) is 5.03. The van der Waals surface area contributed by atoms with Gasteiger partial charge in [0, 0.05) is 31.6 Å². The predicted octanol–water partition coefficient (Wildman–Crippen LogP) is 1.21. The number of likely N-dealkylation sites (tertiary alicyclic amines) is 1. The molecule has 0 aliphatic carbocycles. The lowest BCUT2D eigenvalue weighted by Crippen LogP contribution is -2.49. The topological polar surface area (TPSA) is 98.9 Å². The zero-order valence-electron chi connectivity index (χ0n) is 15.0. The van der Waals surface area contributed by atoms with Gasteiger partial charge in [0.1, 0.15) is 13.2 Å². The van der Waals surface area contributed by atoms with Crippen LogP contribution in [-0.4, -0.2) is 57.3 Å². The molecule has 0 radical (unpaired) electrons. The summed E-state index contributed by atoms with van der Waals surface area (Å²) in [5.41, 5.74) is 5.79. The molecule has 1 amide bonds. The van der Waals surface area contributed by atoms with Gasteiger partial charge in [-0.2, -0.15) is 0 Å². The lowest BCUT2D eigenvalue weighted by molar-refractivity contribution is -0.134. The molecule has 26 heavy (non-hydrogen) atoms. The number of hydrogen-bond acceptors (Lipinski definition) is 6. The maximum atomic E-state index is 12.6. The van der Waals surface area contributed by atoms with Crippen LogP contribution in [0.1, 0.15) is 26.2 Å². The van der Waals surface area contributed by atoms with E-state index in [0.717, 1.165) is 12.8 Å². The maximum absolute atomic E-state index is 12.6. The van der Waals surface area contributed by atoms with Crippen LogP contribution in [-0.2, 0) is 14.6 Å². The number of rotatable bonds is 5. The molecule has 2 unspecified atom stereocenters. The fourth-order valence-electron chi connectivity index (χ4n) is 3.50. The third kappa shape index (κ3) is 4.12. The molecule has 2 N–H and O–H groups in total. The number of nitrogens with zero attached hydrogens (tertiary/aromatic N) is 1. The van der Waals surface area contributed by atoms with Crippen LogP contribution in [0.2, 0.25) is 0 Å². The highest BCUT2D eigenvalue weighted by Crippen LogP contribution is 2.32. The highest BCUT2D eigenvalue weighted by Gasteiger charge is 2.30. The van der Waals surface area contributed by atoms with E-state index in [4.69, 9.17) is 15.2 Å². The standard InChI is InChI=1S/C18H26N2O5S/c1-13-4-6-20(14(10-13)12-19)18(21)5-9-26(22,23)15-2-3-16-17(11-15)25-8-7-24-16/h2-3,11,13-14H,4-10,12,19H2,1H3. The molecule has 1 aromatic rings. The number of nitrogens with two attached hydrogens (primary N) is 1. The van der Waals surface area contributed by atoms with E-state index < -0.39 is 9.84 Å². The van der Waals surface area contributed by atoms with Crippen LogP contribution >= 0.6 is 0 Å². The van der Waals surface area contributed by atoms with E-state index in [0.29, 0.717) is 43.7 Å². The van der Waals surface area contributed by atoms with Crippen LogP contribution in [0.5, 0.6) is 11.5 Å². The average molecular weight is 382 g/mol. The first kappa shape index (κ1) is 19.0. The minimum Gasteiger partial charge on any atom is -0.486 e. The molecule has 1 fully saturated rings. The third-order valence-corrected chi connectivity index (χ3v) is 6.74. The Balaban J connectivity index is 1.65. The largest absolute Gasteiger partial charge is 0.486 e. The van der Waals surface area contributed by atoms with Crippen LogP contribution in [0.25, 0.3) is 0 Å². The summed E-state index contributed by atoms with van der Waals surface area (Å²) in [6.45, 7) is 4.04. The Morgan fingerprint density at radius 1 is 1.27 bits per heavy atom. The van der Waals surface area contributed by atoms with Crippen molar-refractivity contribution in [3.8, 4) is 11.5 Å². The smallest absolute Gasteiger partial charge is 0.223 e. The van der Waals surface area contributed by atoms with Crippen molar-refractivity contribution in [3.05, 3.63) is 18.2 Å². The summed E-state index contributed by atoms with van der Waals surface area (Å²) in [6, 6.07) is 4.57. The predicted molar refractivity (Wildman–Crippen MR) is 97.1 cm³/mol. The highest BCUT2D eigenvalue weighted by atomic mass is 32.2. The number of ether oxygens (including phenoxy) is 2. The quantitative estimate of drug-likeness (QED) is 0.822. The lowest BCUT2D eigenvalue weighted by atomic mass is 9.92. The summed E-state index contributed by atoms with van der Waals surface area (Å²) in [6.07, 6.45) is 1.76. The summed E-state index contributed by atoms with van der Waals surface area (Å²) < 4.78 is 36.1. The van der Waals surface area contributed by atoms with E-state index >= 15 is 0 Å². The summed E-state index contributed by atoms with van der Waals surface area (Å²) in [4.78, 5) is 14.4. The van der Waals surface area contributed by atoms with Crippen molar-refractivity contribution >= 4 is 15.7 Å². The van der Waals surface area contributed by atoms with Gasteiger partial charge in [-0.05, 0) is 30.9 Å². The fourth-order valence-corrected chi connectivity index (χ4v) is 4.74. The highest BCUT2D eigenvalue weighted by molar-refractivity contribution is 7.91. The Morgan fingerprint density at radius 2 is 2.00 bits per heavy atom. The summed E-state index contributed by atoms with van der Waals surface area (Å²) in [5, 5.41) is 0. The van der Waals surface area contributed by atoms with Crippen LogP contribution in [0.15, 0.2) is 23.1 Å². The van der Waals surface area contributed by atoms with Gasteiger partial charge in [0.25, 0.3) is 0 Å². The molecule has 0 aromatic heterocycles. The van der Waals surface area contributed by atoms with Crippen LogP contribution < -0.4 is 15.2 Å². The van der Waals surface area contributed by atoms with E-state index in [1.807, 2.05) is 0 Å². The van der Waals surface area contributed by atoms with Crippen molar-refractivity contribution in [2.24, 2.45) is 11.7 Å². The Kier molecular flexibility index (Phi) is 5.72. The number of amides is 1. The van der Waals surface area contributed by atoms with Gasteiger partial charge in [-0.1, -0.05) is 6.92 Å². The van der Waals surface area contributed by atoms with E-state index in [9.17, 15) is 13.2 Å². The van der Waals surface area contributed by atoms with Gasteiger partial charge in [-0.25, -0.2) is 8.42 Å². The Hall–Kier alpha value is -1.80. The second-order valence-electron chi connectivity index (χ2n) is 6.98. The molecule has 2 aliphatic rings. The molecule has 3 rings (SSSR count). The Bertz CT molecular complexity index is 765. The molecule has 8 heteroatoms. The zero-order valence-corrected chi connectivity index (χ0v) is 15.8. The molecular formula is C18H26N2O5S. The number of sulfone groups is 1. The van der Waals surface area contributed by atoms with Crippen molar-refractivity contribution in [1.82, 2.24) is 4.90 Å². The first-order chi connectivity index (χ1) is 12.4. The van der Waals surface area contributed by atoms with Crippen LogP contribution in [0.4, 0.5) is 0 Å². The Morgan fingerprint density at radius 3 is 2.73 bits per heavy atom. The van der Waals surface area contributed by atoms with Gasteiger partial charge in [-0.3, -0.25) is 4.79 Å². The number of carbonyl (C=O) groups excluding carboxylic acids is 1. The maximum Gasteiger partial charge on any atom is 0.223 e.